The lowest BCUT2D eigenvalue weighted by Gasteiger charge is -2.23. The van der Waals surface area contributed by atoms with E-state index in [1.54, 1.807) is 4.90 Å². The SMILES string of the molecule is CCN(CC)C(=O)SC(C(=O)OCC(C)C)C(C)C. The first kappa shape index (κ1) is 18.3. The molecule has 112 valence electrons. The molecule has 1 atom stereocenters. The molecule has 0 fully saturated rings. The van der Waals surface area contributed by atoms with E-state index in [1.165, 1.54) is 0 Å². The zero-order chi connectivity index (χ0) is 15.0. The molecule has 1 amide bonds. The Morgan fingerprint density at radius 2 is 1.63 bits per heavy atom. The van der Waals surface area contributed by atoms with E-state index in [2.05, 4.69) is 0 Å². The Labute approximate surface area is 121 Å². The summed E-state index contributed by atoms with van der Waals surface area (Å²) in [6, 6.07) is 0. The molecule has 0 saturated carbocycles. The first-order chi connectivity index (χ1) is 8.83. The Morgan fingerprint density at radius 3 is 2.00 bits per heavy atom. The molecule has 0 bridgehead atoms. The summed E-state index contributed by atoms with van der Waals surface area (Å²) in [6.45, 7) is 13.4. The highest BCUT2D eigenvalue weighted by molar-refractivity contribution is 8.14. The summed E-state index contributed by atoms with van der Waals surface area (Å²) in [4.78, 5) is 25.8. The number of thioether (sulfide) groups is 1. The zero-order valence-corrected chi connectivity index (χ0v) is 13.8. The Bertz CT molecular complexity index is 288. The number of hydrogen-bond donors (Lipinski definition) is 0. The first-order valence-corrected chi connectivity index (χ1v) is 7.83. The molecule has 1 unspecified atom stereocenters. The molecule has 0 rings (SSSR count). The van der Waals surface area contributed by atoms with E-state index in [0.29, 0.717) is 25.6 Å². The van der Waals surface area contributed by atoms with Crippen LogP contribution in [-0.2, 0) is 9.53 Å². The molecule has 0 heterocycles. The van der Waals surface area contributed by atoms with Crippen LogP contribution < -0.4 is 0 Å². The molecule has 0 aromatic carbocycles. The van der Waals surface area contributed by atoms with Crippen molar-refractivity contribution in [2.75, 3.05) is 19.7 Å². The van der Waals surface area contributed by atoms with E-state index in [1.807, 2.05) is 41.5 Å². The van der Waals surface area contributed by atoms with Crippen molar-refractivity contribution in [3.63, 3.8) is 0 Å². The molecule has 0 aliphatic heterocycles. The number of esters is 1. The molecule has 0 N–H and O–H groups in total. The van der Waals surface area contributed by atoms with Crippen molar-refractivity contribution in [1.29, 1.82) is 0 Å². The molecule has 0 aliphatic carbocycles. The van der Waals surface area contributed by atoms with Gasteiger partial charge in [-0.25, -0.2) is 0 Å². The number of carbonyl (C=O) groups is 2. The normalized spacial score (nSPS) is 12.6. The molecule has 19 heavy (non-hydrogen) atoms. The fourth-order valence-corrected chi connectivity index (χ4v) is 2.51. The van der Waals surface area contributed by atoms with Crippen LogP contribution in [0.25, 0.3) is 0 Å². The summed E-state index contributed by atoms with van der Waals surface area (Å²) in [5, 5.41) is -0.475. The third-order valence-corrected chi connectivity index (χ3v) is 4.10. The van der Waals surface area contributed by atoms with Gasteiger partial charge < -0.3 is 9.64 Å². The average molecular weight is 289 g/mol. The van der Waals surface area contributed by atoms with Crippen molar-refractivity contribution in [1.82, 2.24) is 4.90 Å². The summed E-state index contributed by atoms with van der Waals surface area (Å²) in [6.07, 6.45) is 0. The summed E-state index contributed by atoms with van der Waals surface area (Å²) >= 11 is 1.08. The van der Waals surface area contributed by atoms with Crippen LogP contribution in [0.15, 0.2) is 0 Å². The molecular formula is C14H27NO3S. The lowest BCUT2D eigenvalue weighted by atomic mass is 10.1. The van der Waals surface area contributed by atoms with Gasteiger partial charge in [0.15, 0.2) is 0 Å². The van der Waals surface area contributed by atoms with Gasteiger partial charge in [0.05, 0.1) is 6.61 Å². The highest BCUT2D eigenvalue weighted by Gasteiger charge is 2.29. The molecule has 5 heteroatoms. The topological polar surface area (TPSA) is 46.6 Å². The fourth-order valence-electron chi connectivity index (χ4n) is 1.45. The van der Waals surface area contributed by atoms with Gasteiger partial charge in [-0.1, -0.05) is 27.7 Å². The summed E-state index contributed by atoms with van der Waals surface area (Å²) in [5.41, 5.74) is 0. The number of amides is 1. The van der Waals surface area contributed by atoms with Crippen LogP contribution in [0, 0.1) is 11.8 Å². The van der Waals surface area contributed by atoms with Crippen LogP contribution in [0.3, 0.4) is 0 Å². The standard InChI is InChI=1S/C14H27NO3S/c1-7-15(8-2)14(17)19-12(11(5)6)13(16)18-9-10(3)4/h10-12H,7-9H2,1-6H3. The predicted octanol–water partition coefficient (Wildman–Crippen LogP) is 3.41. The number of rotatable bonds is 7. The molecule has 0 saturated heterocycles. The van der Waals surface area contributed by atoms with E-state index in [0.717, 1.165) is 11.8 Å². The number of carbonyl (C=O) groups excluding carboxylic acids is 2. The van der Waals surface area contributed by atoms with Gasteiger partial charge in [0, 0.05) is 13.1 Å². The van der Waals surface area contributed by atoms with Crippen molar-refractivity contribution < 1.29 is 14.3 Å². The predicted molar refractivity (Wildman–Crippen MR) is 80.3 cm³/mol. The summed E-state index contributed by atoms with van der Waals surface area (Å²) in [7, 11) is 0. The third kappa shape index (κ3) is 6.85. The lowest BCUT2D eigenvalue weighted by Crippen LogP contribution is -2.33. The van der Waals surface area contributed by atoms with Gasteiger partial charge in [-0.15, -0.1) is 0 Å². The van der Waals surface area contributed by atoms with Gasteiger partial charge in [0.1, 0.15) is 5.25 Å². The monoisotopic (exact) mass is 289 g/mol. The second-order valence-electron chi connectivity index (χ2n) is 5.24. The summed E-state index contributed by atoms with van der Waals surface area (Å²) in [5.74, 6) is 0.0960. The molecule has 0 aromatic rings. The maximum atomic E-state index is 12.0. The van der Waals surface area contributed by atoms with Gasteiger partial charge in [0.2, 0.25) is 0 Å². The Kier molecular flexibility index (Phi) is 8.89. The number of hydrogen-bond acceptors (Lipinski definition) is 4. The second kappa shape index (κ2) is 9.23. The van der Waals surface area contributed by atoms with E-state index < -0.39 is 5.25 Å². The first-order valence-electron chi connectivity index (χ1n) is 6.95. The average Bonchev–Trinajstić information content (AvgIpc) is 2.34. The van der Waals surface area contributed by atoms with Gasteiger partial charge in [0.25, 0.3) is 5.24 Å². The minimum absolute atomic E-state index is 0.0507. The largest absolute Gasteiger partial charge is 0.465 e. The Hall–Kier alpha value is -0.710. The maximum Gasteiger partial charge on any atom is 0.319 e. The third-order valence-electron chi connectivity index (χ3n) is 2.65. The van der Waals surface area contributed by atoms with Gasteiger partial charge in [-0.05, 0) is 37.4 Å². The van der Waals surface area contributed by atoms with Crippen LogP contribution in [0.2, 0.25) is 0 Å². The van der Waals surface area contributed by atoms with Crippen LogP contribution in [-0.4, -0.2) is 41.1 Å². The second-order valence-corrected chi connectivity index (χ2v) is 6.34. The quantitative estimate of drug-likeness (QED) is 0.674. The van der Waals surface area contributed by atoms with Gasteiger partial charge in [-0.3, -0.25) is 9.59 Å². The van der Waals surface area contributed by atoms with Gasteiger partial charge >= 0.3 is 5.97 Å². The highest BCUT2D eigenvalue weighted by Crippen LogP contribution is 2.24. The molecule has 0 aromatic heterocycles. The minimum atomic E-state index is -0.424. The van der Waals surface area contributed by atoms with Crippen molar-refractivity contribution in [3.05, 3.63) is 0 Å². The number of ether oxygens (including phenoxy) is 1. The minimum Gasteiger partial charge on any atom is -0.465 e. The van der Waals surface area contributed by atoms with E-state index in [9.17, 15) is 9.59 Å². The lowest BCUT2D eigenvalue weighted by molar-refractivity contribution is -0.144. The smallest absolute Gasteiger partial charge is 0.319 e. The summed E-state index contributed by atoms with van der Waals surface area (Å²) < 4.78 is 5.24. The van der Waals surface area contributed by atoms with Crippen LogP contribution >= 0.6 is 11.8 Å². The fraction of sp³-hybridized carbons (Fsp3) is 0.857. The molecule has 0 aliphatic rings. The van der Waals surface area contributed by atoms with Crippen molar-refractivity contribution in [2.24, 2.45) is 11.8 Å². The van der Waals surface area contributed by atoms with Crippen molar-refractivity contribution in [3.8, 4) is 0 Å². The Balaban J connectivity index is 4.56. The van der Waals surface area contributed by atoms with Crippen molar-refractivity contribution in [2.45, 2.75) is 46.8 Å². The maximum absolute atomic E-state index is 12.0. The van der Waals surface area contributed by atoms with E-state index in [-0.39, 0.29) is 17.1 Å². The van der Waals surface area contributed by atoms with Crippen LogP contribution in [0.5, 0.6) is 0 Å². The van der Waals surface area contributed by atoms with E-state index in [4.69, 9.17) is 4.74 Å². The van der Waals surface area contributed by atoms with E-state index >= 15 is 0 Å². The molecule has 0 spiro atoms. The molecule has 4 nitrogen and oxygen atoms in total. The highest BCUT2D eigenvalue weighted by atomic mass is 32.2. The van der Waals surface area contributed by atoms with Crippen LogP contribution in [0.4, 0.5) is 4.79 Å². The van der Waals surface area contributed by atoms with Gasteiger partial charge in [-0.2, -0.15) is 0 Å². The van der Waals surface area contributed by atoms with Crippen LogP contribution in [0.1, 0.15) is 41.5 Å². The Morgan fingerprint density at radius 1 is 1.11 bits per heavy atom. The van der Waals surface area contributed by atoms with Crippen molar-refractivity contribution >= 4 is 23.0 Å². The zero-order valence-electron chi connectivity index (χ0n) is 12.9. The number of nitrogens with zero attached hydrogens (tertiary/aromatic N) is 1. The molecule has 0 radical (unpaired) electrons. The molecular weight excluding hydrogens is 262 g/mol.